The molecule has 1 aromatic rings. The van der Waals surface area contributed by atoms with Gasteiger partial charge in [0.15, 0.2) is 0 Å². The number of methoxy groups -OCH3 is 1. The van der Waals surface area contributed by atoms with Gasteiger partial charge in [-0.05, 0) is 45.0 Å². The standard InChI is InChI=1S/C15H24NO4P/c1-5-8-15(21(17,19-6-2)20-7-3)16-13-9-11-14(18-4)12-10-13/h5,8-12,15-16H,6-7H2,1-4H3/b8-5+. The van der Waals surface area contributed by atoms with Gasteiger partial charge in [0.05, 0.1) is 20.3 Å². The van der Waals surface area contributed by atoms with E-state index in [9.17, 15) is 4.57 Å². The van der Waals surface area contributed by atoms with Gasteiger partial charge >= 0.3 is 7.60 Å². The summed E-state index contributed by atoms with van der Waals surface area (Å²) in [5.74, 6) is 0.233. The summed E-state index contributed by atoms with van der Waals surface area (Å²) in [6, 6.07) is 7.39. The lowest BCUT2D eigenvalue weighted by Gasteiger charge is -2.25. The fourth-order valence-corrected chi connectivity index (χ4v) is 3.64. The van der Waals surface area contributed by atoms with Crippen LogP contribution < -0.4 is 10.1 Å². The molecule has 0 aliphatic carbocycles. The summed E-state index contributed by atoms with van der Waals surface area (Å²) < 4.78 is 28.8. The molecule has 0 bridgehead atoms. The molecule has 6 heteroatoms. The predicted octanol–water partition coefficient (Wildman–Crippen LogP) is 4.28. The van der Waals surface area contributed by atoms with Crippen molar-refractivity contribution in [1.29, 1.82) is 0 Å². The van der Waals surface area contributed by atoms with Crippen LogP contribution >= 0.6 is 7.60 Å². The number of hydrogen-bond donors (Lipinski definition) is 1. The molecule has 0 amide bonds. The minimum absolute atomic E-state index is 0.329. The minimum Gasteiger partial charge on any atom is -0.497 e. The van der Waals surface area contributed by atoms with Gasteiger partial charge in [0, 0.05) is 5.69 Å². The first kappa shape index (κ1) is 17.8. The molecule has 0 saturated carbocycles. The number of anilines is 1. The maximum atomic E-state index is 12.8. The largest absolute Gasteiger partial charge is 0.497 e. The van der Waals surface area contributed by atoms with E-state index in [1.165, 1.54) is 0 Å². The van der Waals surface area contributed by atoms with E-state index in [4.69, 9.17) is 13.8 Å². The van der Waals surface area contributed by atoms with Crippen LogP contribution in [-0.2, 0) is 13.6 Å². The summed E-state index contributed by atoms with van der Waals surface area (Å²) in [6.45, 7) is 6.12. The molecule has 0 aliphatic heterocycles. The van der Waals surface area contributed by atoms with Crippen LogP contribution in [0.5, 0.6) is 5.75 Å². The Hall–Kier alpha value is -1.29. The first-order chi connectivity index (χ1) is 10.1. The van der Waals surface area contributed by atoms with Crippen molar-refractivity contribution in [1.82, 2.24) is 0 Å². The molecule has 0 saturated heterocycles. The fourth-order valence-electron chi connectivity index (χ4n) is 1.83. The van der Waals surface area contributed by atoms with Crippen molar-refractivity contribution in [2.45, 2.75) is 26.6 Å². The van der Waals surface area contributed by atoms with E-state index >= 15 is 0 Å². The summed E-state index contributed by atoms with van der Waals surface area (Å²) in [7, 11) is -1.64. The number of benzene rings is 1. The van der Waals surface area contributed by atoms with Crippen molar-refractivity contribution in [3.05, 3.63) is 36.4 Å². The Morgan fingerprint density at radius 2 is 1.76 bits per heavy atom. The Bertz CT molecular complexity index is 477. The Balaban J connectivity index is 2.95. The van der Waals surface area contributed by atoms with Gasteiger partial charge in [0.2, 0.25) is 0 Å². The second-order valence-electron chi connectivity index (χ2n) is 4.22. The Kier molecular flexibility index (Phi) is 7.51. The molecular formula is C15H24NO4P. The smallest absolute Gasteiger partial charge is 0.356 e. The van der Waals surface area contributed by atoms with Crippen molar-refractivity contribution >= 4 is 13.3 Å². The molecule has 0 fully saturated rings. The number of hydrogen-bond acceptors (Lipinski definition) is 5. The van der Waals surface area contributed by atoms with Gasteiger partial charge in [0.1, 0.15) is 11.5 Å². The average Bonchev–Trinajstić information content (AvgIpc) is 2.48. The second-order valence-corrected chi connectivity index (χ2v) is 6.37. The lowest BCUT2D eigenvalue weighted by molar-refractivity contribution is 0.217. The lowest BCUT2D eigenvalue weighted by Crippen LogP contribution is -2.20. The van der Waals surface area contributed by atoms with Crippen LogP contribution in [0, 0.1) is 0 Å². The van der Waals surface area contributed by atoms with E-state index in [0.717, 1.165) is 11.4 Å². The summed E-state index contributed by atoms with van der Waals surface area (Å²) in [5.41, 5.74) is 0.818. The molecule has 1 atom stereocenters. The van der Waals surface area contributed by atoms with E-state index in [2.05, 4.69) is 5.32 Å². The number of rotatable bonds is 9. The number of nitrogens with one attached hydrogen (secondary N) is 1. The highest BCUT2D eigenvalue weighted by Gasteiger charge is 2.33. The highest BCUT2D eigenvalue weighted by atomic mass is 31.2. The van der Waals surface area contributed by atoms with Gasteiger partial charge in [-0.25, -0.2) is 0 Å². The topological polar surface area (TPSA) is 56.8 Å². The second kappa shape index (κ2) is 8.88. The monoisotopic (exact) mass is 313 g/mol. The van der Waals surface area contributed by atoms with Crippen molar-refractivity contribution in [3.63, 3.8) is 0 Å². The first-order valence-corrected chi connectivity index (χ1v) is 8.63. The van der Waals surface area contributed by atoms with Gasteiger partial charge in [-0.15, -0.1) is 0 Å². The molecule has 0 radical (unpaired) electrons. The van der Waals surface area contributed by atoms with Crippen LogP contribution in [0.3, 0.4) is 0 Å². The molecule has 1 rings (SSSR count). The van der Waals surface area contributed by atoms with Crippen LogP contribution in [0.2, 0.25) is 0 Å². The molecule has 118 valence electrons. The number of ether oxygens (including phenoxy) is 1. The summed E-state index contributed by atoms with van der Waals surface area (Å²) in [5, 5.41) is 3.19. The zero-order valence-corrected chi connectivity index (χ0v) is 13.9. The molecule has 1 unspecified atom stereocenters. The van der Waals surface area contributed by atoms with Gasteiger partial charge in [-0.2, -0.15) is 0 Å². The molecule has 5 nitrogen and oxygen atoms in total. The highest BCUT2D eigenvalue weighted by Crippen LogP contribution is 2.53. The maximum absolute atomic E-state index is 12.8. The maximum Gasteiger partial charge on any atom is 0.356 e. The van der Waals surface area contributed by atoms with Gasteiger partial charge in [-0.1, -0.05) is 12.2 Å². The molecular weight excluding hydrogens is 289 g/mol. The summed E-state index contributed by atoms with van der Waals surface area (Å²) >= 11 is 0. The van der Waals surface area contributed by atoms with Crippen LogP contribution in [0.25, 0.3) is 0 Å². The van der Waals surface area contributed by atoms with Crippen LogP contribution in [0.1, 0.15) is 20.8 Å². The fraction of sp³-hybridized carbons (Fsp3) is 0.467. The van der Waals surface area contributed by atoms with E-state index in [1.807, 2.05) is 37.3 Å². The SMILES string of the molecule is C/C=C/C(Nc1ccc(OC)cc1)P(=O)(OCC)OCC. The molecule has 0 spiro atoms. The Morgan fingerprint density at radius 3 is 2.19 bits per heavy atom. The third-order valence-electron chi connectivity index (χ3n) is 2.74. The normalized spacial score (nSPS) is 13.3. The molecule has 1 aromatic carbocycles. The molecule has 21 heavy (non-hydrogen) atoms. The van der Waals surface area contributed by atoms with Gasteiger partial charge in [-0.3, -0.25) is 4.57 Å². The van der Waals surface area contributed by atoms with E-state index in [1.54, 1.807) is 27.0 Å². The third-order valence-corrected chi connectivity index (χ3v) is 4.96. The lowest BCUT2D eigenvalue weighted by atomic mass is 10.3. The molecule has 1 N–H and O–H groups in total. The van der Waals surface area contributed by atoms with Crippen molar-refractivity contribution in [3.8, 4) is 5.75 Å². The first-order valence-electron chi connectivity index (χ1n) is 7.01. The van der Waals surface area contributed by atoms with Crippen molar-refractivity contribution < 1.29 is 18.3 Å². The Labute approximate surface area is 126 Å². The van der Waals surface area contributed by atoms with E-state index in [-0.39, 0.29) is 0 Å². The molecule has 0 aliphatic rings. The number of allylic oxidation sites excluding steroid dienone is 1. The predicted molar refractivity (Wildman–Crippen MR) is 86.1 cm³/mol. The summed E-state index contributed by atoms with van der Waals surface area (Å²) in [4.78, 5) is 0. The highest BCUT2D eigenvalue weighted by molar-refractivity contribution is 7.55. The van der Waals surface area contributed by atoms with E-state index < -0.39 is 13.4 Å². The zero-order chi connectivity index (χ0) is 15.7. The summed E-state index contributed by atoms with van der Waals surface area (Å²) in [6.07, 6.45) is 3.61. The average molecular weight is 313 g/mol. The van der Waals surface area contributed by atoms with Crippen molar-refractivity contribution in [2.75, 3.05) is 25.6 Å². The third kappa shape index (κ3) is 5.20. The molecule has 0 aromatic heterocycles. The minimum atomic E-state index is -3.26. The van der Waals surface area contributed by atoms with Gasteiger partial charge in [0.25, 0.3) is 0 Å². The van der Waals surface area contributed by atoms with Crippen molar-refractivity contribution in [2.24, 2.45) is 0 Å². The Morgan fingerprint density at radius 1 is 1.19 bits per heavy atom. The van der Waals surface area contributed by atoms with Gasteiger partial charge < -0.3 is 19.1 Å². The zero-order valence-electron chi connectivity index (χ0n) is 13.0. The van der Waals surface area contributed by atoms with Crippen LogP contribution in [-0.4, -0.2) is 26.1 Å². The van der Waals surface area contributed by atoms with Crippen LogP contribution in [0.4, 0.5) is 5.69 Å². The molecule has 0 heterocycles. The quantitative estimate of drug-likeness (QED) is 0.545. The van der Waals surface area contributed by atoms with Crippen LogP contribution in [0.15, 0.2) is 36.4 Å². The van der Waals surface area contributed by atoms with E-state index in [0.29, 0.717) is 13.2 Å².